The zero-order valence-corrected chi connectivity index (χ0v) is 11.2. The number of hydrogen-bond donors (Lipinski definition) is 2. The summed E-state index contributed by atoms with van der Waals surface area (Å²) >= 11 is 0. The number of nitrogens with zero attached hydrogens (tertiary/aromatic N) is 4. The molecular weight excluding hydrogens is 278 g/mol. The van der Waals surface area contributed by atoms with Crippen molar-refractivity contribution in [1.29, 1.82) is 0 Å². The molecular formula is C12H13N5O4. The monoisotopic (exact) mass is 291 g/mol. The quantitative estimate of drug-likeness (QED) is 0.769. The lowest BCUT2D eigenvalue weighted by Crippen LogP contribution is -2.20. The molecule has 0 bridgehead atoms. The molecule has 0 aliphatic rings. The first-order valence-electron chi connectivity index (χ1n) is 6.01. The summed E-state index contributed by atoms with van der Waals surface area (Å²) in [6.07, 6.45) is 0. The van der Waals surface area contributed by atoms with Crippen LogP contribution in [0.4, 0.5) is 5.69 Å². The van der Waals surface area contributed by atoms with Gasteiger partial charge < -0.3 is 15.2 Å². The van der Waals surface area contributed by atoms with Crippen molar-refractivity contribution < 1.29 is 19.4 Å². The highest BCUT2D eigenvalue weighted by Crippen LogP contribution is 2.14. The lowest BCUT2D eigenvalue weighted by atomic mass is 10.2. The van der Waals surface area contributed by atoms with E-state index in [0.717, 1.165) is 0 Å². The summed E-state index contributed by atoms with van der Waals surface area (Å²) in [6, 6.07) is 6.92. The summed E-state index contributed by atoms with van der Waals surface area (Å²) in [6.45, 7) is 0.905. The molecule has 0 spiro atoms. The fourth-order valence-corrected chi connectivity index (χ4v) is 1.61. The summed E-state index contributed by atoms with van der Waals surface area (Å²) in [5.41, 5.74) is 1.23. The van der Waals surface area contributed by atoms with E-state index in [0.29, 0.717) is 17.2 Å². The van der Waals surface area contributed by atoms with Crippen LogP contribution in [0.15, 0.2) is 24.3 Å². The van der Waals surface area contributed by atoms with Crippen molar-refractivity contribution in [3.63, 3.8) is 0 Å². The van der Waals surface area contributed by atoms with Gasteiger partial charge in [0, 0.05) is 5.69 Å². The summed E-state index contributed by atoms with van der Waals surface area (Å²) < 4.78 is 6.23. The number of tetrazole rings is 1. The van der Waals surface area contributed by atoms with Crippen LogP contribution < -0.4 is 5.32 Å². The lowest BCUT2D eigenvalue weighted by molar-refractivity contribution is -0.143. The first-order chi connectivity index (χ1) is 10.1. The average Bonchev–Trinajstić information content (AvgIpc) is 2.85. The van der Waals surface area contributed by atoms with Gasteiger partial charge in [-0.25, -0.2) is 4.79 Å². The van der Waals surface area contributed by atoms with E-state index in [-0.39, 0.29) is 6.61 Å². The number of carboxylic acids is 1. The van der Waals surface area contributed by atoms with Crippen molar-refractivity contribution in [3.05, 3.63) is 30.1 Å². The van der Waals surface area contributed by atoms with E-state index in [1.165, 1.54) is 4.68 Å². The molecule has 0 atom stereocenters. The Hall–Kier alpha value is -2.81. The van der Waals surface area contributed by atoms with Gasteiger partial charge in [0.25, 0.3) is 0 Å². The number of ether oxygens (including phenoxy) is 1. The fraction of sp³-hybridized carbons (Fsp3) is 0.250. The highest BCUT2D eigenvalue weighted by atomic mass is 16.5. The Balaban J connectivity index is 2.00. The Kier molecular flexibility index (Phi) is 4.57. The van der Waals surface area contributed by atoms with Crippen LogP contribution in [0, 0.1) is 6.92 Å². The van der Waals surface area contributed by atoms with Crippen molar-refractivity contribution >= 4 is 17.6 Å². The molecule has 0 unspecified atom stereocenters. The standard InChI is InChI=1S/C12H13N5O4/c1-8-14-15-16-17(8)10-4-2-3-9(5-10)13-11(18)6-21-7-12(19)20/h2-5H,6-7H2,1H3,(H,13,18)(H,19,20). The van der Waals surface area contributed by atoms with Gasteiger partial charge in [-0.05, 0) is 35.5 Å². The van der Waals surface area contributed by atoms with Gasteiger partial charge in [-0.1, -0.05) is 6.07 Å². The predicted octanol–water partition coefficient (Wildman–Crippen LogP) is 0.0104. The van der Waals surface area contributed by atoms with Crippen LogP contribution in [0.2, 0.25) is 0 Å². The molecule has 2 aromatic rings. The Morgan fingerprint density at radius 2 is 2.19 bits per heavy atom. The van der Waals surface area contributed by atoms with Crippen LogP contribution in [0.1, 0.15) is 5.82 Å². The van der Waals surface area contributed by atoms with E-state index >= 15 is 0 Å². The molecule has 2 N–H and O–H groups in total. The van der Waals surface area contributed by atoms with Crippen LogP contribution in [-0.4, -0.2) is 50.4 Å². The number of aryl methyl sites for hydroxylation is 1. The number of carboxylic acid groups (broad SMARTS) is 1. The van der Waals surface area contributed by atoms with Gasteiger partial charge in [-0.3, -0.25) is 4.79 Å². The number of aliphatic carboxylic acids is 1. The normalized spacial score (nSPS) is 10.3. The molecule has 1 aromatic carbocycles. The topological polar surface area (TPSA) is 119 Å². The molecule has 0 saturated heterocycles. The molecule has 1 amide bonds. The van der Waals surface area contributed by atoms with E-state index in [1.807, 2.05) is 0 Å². The second kappa shape index (κ2) is 6.57. The molecule has 0 saturated carbocycles. The van der Waals surface area contributed by atoms with Gasteiger partial charge in [-0.2, -0.15) is 4.68 Å². The highest BCUT2D eigenvalue weighted by Gasteiger charge is 2.07. The number of aromatic nitrogens is 4. The molecule has 9 nitrogen and oxygen atoms in total. The fourth-order valence-electron chi connectivity index (χ4n) is 1.61. The van der Waals surface area contributed by atoms with Gasteiger partial charge in [0.15, 0.2) is 5.82 Å². The predicted molar refractivity (Wildman–Crippen MR) is 71.0 cm³/mol. The Labute approximate surface area is 119 Å². The van der Waals surface area contributed by atoms with Gasteiger partial charge in [0.1, 0.15) is 13.2 Å². The molecule has 1 heterocycles. The molecule has 0 radical (unpaired) electrons. The number of amides is 1. The summed E-state index contributed by atoms with van der Waals surface area (Å²) in [7, 11) is 0. The summed E-state index contributed by atoms with van der Waals surface area (Å²) in [5.74, 6) is -0.955. The molecule has 9 heteroatoms. The smallest absolute Gasteiger partial charge is 0.329 e. The lowest BCUT2D eigenvalue weighted by Gasteiger charge is -2.07. The van der Waals surface area contributed by atoms with Crippen molar-refractivity contribution in [2.45, 2.75) is 6.92 Å². The second-order valence-electron chi connectivity index (χ2n) is 4.12. The third-order valence-corrected chi connectivity index (χ3v) is 2.46. The number of nitrogens with one attached hydrogen (secondary N) is 1. The van der Waals surface area contributed by atoms with Gasteiger partial charge >= 0.3 is 5.97 Å². The third kappa shape index (κ3) is 4.08. The number of anilines is 1. The van der Waals surface area contributed by atoms with Gasteiger partial charge in [-0.15, -0.1) is 5.10 Å². The zero-order valence-electron chi connectivity index (χ0n) is 11.2. The molecule has 0 fully saturated rings. The first-order valence-corrected chi connectivity index (χ1v) is 6.01. The maximum absolute atomic E-state index is 11.6. The number of benzene rings is 1. The average molecular weight is 291 g/mol. The maximum atomic E-state index is 11.6. The van der Waals surface area contributed by atoms with E-state index in [2.05, 4.69) is 20.8 Å². The second-order valence-corrected chi connectivity index (χ2v) is 4.12. The van der Waals surface area contributed by atoms with Crippen LogP contribution in [0.25, 0.3) is 5.69 Å². The van der Waals surface area contributed by atoms with Crippen LogP contribution in [-0.2, 0) is 14.3 Å². The minimum Gasteiger partial charge on any atom is -0.480 e. The van der Waals surface area contributed by atoms with E-state index in [9.17, 15) is 9.59 Å². The molecule has 2 rings (SSSR count). The van der Waals surface area contributed by atoms with Crippen molar-refractivity contribution in [2.24, 2.45) is 0 Å². The SMILES string of the molecule is Cc1nnnn1-c1cccc(NC(=O)COCC(=O)O)c1. The van der Waals surface area contributed by atoms with Crippen molar-refractivity contribution in [2.75, 3.05) is 18.5 Å². The van der Waals surface area contributed by atoms with Crippen LogP contribution in [0.3, 0.4) is 0 Å². The van der Waals surface area contributed by atoms with E-state index in [1.54, 1.807) is 31.2 Å². The minimum absolute atomic E-state index is 0.333. The number of hydrogen-bond acceptors (Lipinski definition) is 6. The Morgan fingerprint density at radius 1 is 1.38 bits per heavy atom. The highest BCUT2D eigenvalue weighted by molar-refractivity contribution is 5.92. The van der Waals surface area contributed by atoms with Gasteiger partial charge in [0.05, 0.1) is 5.69 Å². The number of carbonyl (C=O) groups excluding carboxylic acids is 1. The Bertz CT molecular complexity index is 655. The molecule has 1 aromatic heterocycles. The van der Waals surface area contributed by atoms with Crippen molar-refractivity contribution in [1.82, 2.24) is 20.2 Å². The largest absolute Gasteiger partial charge is 0.480 e. The first kappa shape index (κ1) is 14.6. The van der Waals surface area contributed by atoms with Crippen LogP contribution in [0.5, 0.6) is 0 Å². The molecule has 21 heavy (non-hydrogen) atoms. The molecule has 0 aliphatic carbocycles. The summed E-state index contributed by atoms with van der Waals surface area (Å²) in [4.78, 5) is 21.9. The van der Waals surface area contributed by atoms with E-state index < -0.39 is 18.5 Å². The Morgan fingerprint density at radius 3 is 2.86 bits per heavy atom. The zero-order chi connectivity index (χ0) is 15.2. The summed E-state index contributed by atoms with van der Waals surface area (Å²) in [5, 5.41) is 22.2. The minimum atomic E-state index is -1.13. The molecule has 0 aliphatic heterocycles. The third-order valence-electron chi connectivity index (χ3n) is 2.46. The van der Waals surface area contributed by atoms with Crippen LogP contribution >= 0.6 is 0 Å². The number of carbonyl (C=O) groups is 2. The number of rotatable bonds is 6. The van der Waals surface area contributed by atoms with Crippen molar-refractivity contribution in [3.8, 4) is 5.69 Å². The van der Waals surface area contributed by atoms with E-state index in [4.69, 9.17) is 9.84 Å². The van der Waals surface area contributed by atoms with Gasteiger partial charge in [0.2, 0.25) is 5.91 Å². The maximum Gasteiger partial charge on any atom is 0.329 e. The molecule has 110 valence electrons.